The van der Waals surface area contributed by atoms with E-state index in [1.807, 2.05) is 12.1 Å². The molecule has 1 saturated heterocycles. The first-order valence-electron chi connectivity index (χ1n) is 11.8. The molecule has 0 aliphatic carbocycles. The number of nitrogens with one attached hydrogen (secondary N) is 1. The molecule has 5 nitrogen and oxygen atoms in total. The Labute approximate surface area is 207 Å². The van der Waals surface area contributed by atoms with Gasteiger partial charge in [-0.2, -0.15) is 0 Å². The number of hydrogen-bond acceptors (Lipinski definition) is 3. The zero-order valence-electron chi connectivity index (χ0n) is 19.3. The second kappa shape index (κ2) is 10.3. The van der Waals surface area contributed by atoms with Gasteiger partial charge in [-0.05, 0) is 66.6 Å². The van der Waals surface area contributed by atoms with Gasteiger partial charge in [-0.3, -0.25) is 9.47 Å². The molecule has 2 heterocycles. The number of aromatic nitrogens is 2. The SMILES string of the molecule is O=c1[nH]c2ccc(Cl)cc2n1CCCN1CCN(C(c2ccc(F)cc2)c2ccc(F)cc2)CC1. The molecule has 0 saturated carbocycles. The summed E-state index contributed by atoms with van der Waals surface area (Å²) in [5, 5.41) is 0.609. The molecule has 0 amide bonds. The first-order chi connectivity index (χ1) is 17.0. The summed E-state index contributed by atoms with van der Waals surface area (Å²) in [5.41, 5.74) is 3.48. The van der Waals surface area contributed by atoms with Gasteiger partial charge in [-0.25, -0.2) is 13.6 Å². The van der Waals surface area contributed by atoms with Crippen molar-refractivity contribution in [2.75, 3.05) is 32.7 Å². The molecule has 0 atom stereocenters. The van der Waals surface area contributed by atoms with Crippen LogP contribution in [0.4, 0.5) is 8.78 Å². The second-order valence-electron chi connectivity index (χ2n) is 8.98. The molecule has 0 bridgehead atoms. The van der Waals surface area contributed by atoms with E-state index in [0.717, 1.165) is 61.3 Å². The number of hydrogen-bond donors (Lipinski definition) is 1. The fourth-order valence-corrected chi connectivity index (χ4v) is 5.12. The molecule has 1 aromatic heterocycles. The fourth-order valence-electron chi connectivity index (χ4n) is 4.95. The topological polar surface area (TPSA) is 44.3 Å². The predicted molar refractivity (Wildman–Crippen MR) is 135 cm³/mol. The summed E-state index contributed by atoms with van der Waals surface area (Å²) in [6.07, 6.45) is 0.846. The Morgan fingerprint density at radius 3 is 2.03 bits per heavy atom. The van der Waals surface area contributed by atoms with Gasteiger partial charge in [0.05, 0.1) is 17.1 Å². The van der Waals surface area contributed by atoms with Crippen molar-refractivity contribution >= 4 is 22.6 Å². The smallest absolute Gasteiger partial charge is 0.306 e. The van der Waals surface area contributed by atoms with E-state index in [0.29, 0.717) is 11.6 Å². The van der Waals surface area contributed by atoms with Crippen molar-refractivity contribution in [3.8, 4) is 0 Å². The molecule has 8 heteroatoms. The van der Waals surface area contributed by atoms with Gasteiger partial charge >= 0.3 is 5.69 Å². The minimum absolute atomic E-state index is 0.0621. The lowest BCUT2D eigenvalue weighted by Gasteiger charge is -2.40. The summed E-state index contributed by atoms with van der Waals surface area (Å²) >= 11 is 6.12. The van der Waals surface area contributed by atoms with Crippen LogP contribution in [0.1, 0.15) is 23.6 Å². The van der Waals surface area contributed by atoms with Gasteiger partial charge in [0.25, 0.3) is 0 Å². The van der Waals surface area contributed by atoms with E-state index in [1.165, 1.54) is 24.3 Å². The molecular formula is C27H27ClF2N4O. The number of aryl methyl sites for hydroxylation is 1. The number of nitrogens with zero attached hydrogens (tertiary/aromatic N) is 3. The third-order valence-electron chi connectivity index (χ3n) is 6.74. The van der Waals surface area contributed by atoms with E-state index in [4.69, 9.17) is 11.6 Å². The van der Waals surface area contributed by atoms with Crippen molar-refractivity contribution < 1.29 is 8.78 Å². The predicted octanol–water partition coefficient (Wildman–Crippen LogP) is 5.06. The fraction of sp³-hybridized carbons (Fsp3) is 0.296. The van der Waals surface area contributed by atoms with Crippen LogP contribution >= 0.6 is 11.6 Å². The molecule has 182 valence electrons. The standard InChI is InChI=1S/C27H27ClF2N4O/c28-21-6-11-24-25(18-21)34(27(35)31-24)13-1-12-32-14-16-33(17-15-32)26(19-2-7-22(29)8-3-19)20-4-9-23(30)10-5-20/h2-11,18,26H,1,12-17H2,(H,31,35). The molecule has 5 rings (SSSR count). The maximum absolute atomic E-state index is 13.6. The van der Waals surface area contributed by atoms with Gasteiger partial charge in [0.2, 0.25) is 0 Å². The van der Waals surface area contributed by atoms with E-state index in [2.05, 4.69) is 14.8 Å². The number of benzene rings is 3. The van der Waals surface area contributed by atoms with Crippen LogP contribution in [0.2, 0.25) is 5.02 Å². The van der Waals surface area contributed by atoms with Crippen LogP contribution in [0, 0.1) is 11.6 Å². The maximum Gasteiger partial charge on any atom is 0.326 e. The largest absolute Gasteiger partial charge is 0.326 e. The first kappa shape index (κ1) is 23.7. The summed E-state index contributed by atoms with van der Waals surface area (Å²) < 4.78 is 28.8. The van der Waals surface area contributed by atoms with E-state index < -0.39 is 0 Å². The van der Waals surface area contributed by atoms with Crippen LogP contribution in [0.25, 0.3) is 11.0 Å². The number of rotatable bonds is 7. The highest BCUT2D eigenvalue weighted by Gasteiger charge is 2.26. The van der Waals surface area contributed by atoms with Crippen LogP contribution in [0.3, 0.4) is 0 Å². The quantitative estimate of drug-likeness (QED) is 0.389. The molecule has 35 heavy (non-hydrogen) atoms. The maximum atomic E-state index is 13.6. The summed E-state index contributed by atoms with van der Waals surface area (Å²) in [5.74, 6) is -0.541. The molecule has 1 fully saturated rings. The molecule has 0 radical (unpaired) electrons. The highest BCUT2D eigenvalue weighted by molar-refractivity contribution is 6.31. The number of halogens is 3. The Balaban J connectivity index is 1.23. The minimum Gasteiger partial charge on any atom is -0.306 e. The van der Waals surface area contributed by atoms with E-state index in [9.17, 15) is 13.6 Å². The van der Waals surface area contributed by atoms with E-state index >= 15 is 0 Å². The lowest BCUT2D eigenvalue weighted by molar-refractivity contribution is 0.108. The molecule has 1 N–H and O–H groups in total. The van der Waals surface area contributed by atoms with Crippen molar-refractivity contribution in [3.05, 3.63) is 105 Å². The Morgan fingerprint density at radius 1 is 0.829 bits per heavy atom. The van der Waals surface area contributed by atoms with Gasteiger partial charge in [0.1, 0.15) is 11.6 Å². The highest BCUT2D eigenvalue weighted by Crippen LogP contribution is 2.30. The number of H-pyrrole nitrogens is 1. The Hall–Kier alpha value is -3.00. The van der Waals surface area contributed by atoms with Gasteiger partial charge in [-0.15, -0.1) is 0 Å². The second-order valence-corrected chi connectivity index (χ2v) is 9.42. The van der Waals surface area contributed by atoms with E-state index in [-0.39, 0.29) is 23.4 Å². The normalized spacial score (nSPS) is 15.3. The van der Waals surface area contributed by atoms with Crippen molar-refractivity contribution in [1.29, 1.82) is 0 Å². The van der Waals surface area contributed by atoms with Crippen molar-refractivity contribution in [3.63, 3.8) is 0 Å². The Kier molecular flexibility index (Phi) is 7.00. The number of imidazole rings is 1. The zero-order valence-corrected chi connectivity index (χ0v) is 20.0. The molecular weight excluding hydrogens is 470 g/mol. The third-order valence-corrected chi connectivity index (χ3v) is 6.97. The van der Waals surface area contributed by atoms with Gasteiger partial charge in [0, 0.05) is 37.7 Å². The zero-order chi connectivity index (χ0) is 24.4. The Bertz CT molecular complexity index is 1300. The van der Waals surface area contributed by atoms with Gasteiger partial charge in [-0.1, -0.05) is 35.9 Å². The summed E-state index contributed by atoms with van der Waals surface area (Å²) in [6.45, 7) is 4.93. The number of fused-ring (bicyclic) bond motifs is 1. The molecule has 0 unspecified atom stereocenters. The lowest BCUT2D eigenvalue weighted by atomic mass is 9.96. The minimum atomic E-state index is -0.270. The average molecular weight is 497 g/mol. The van der Waals surface area contributed by atoms with E-state index in [1.54, 1.807) is 34.9 Å². The summed E-state index contributed by atoms with van der Waals surface area (Å²) in [6, 6.07) is 18.5. The highest BCUT2D eigenvalue weighted by atomic mass is 35.5. The Morgan fingerprint density at radius 2 is 1.43 bits per heavy atom. The third kappa shape index (κ3) is 5.32. The average Bonchev–Trinajstić information content (AvgIpc) is 3.17. The first-order valence-corrected chi connectivity index (χ1v) is 12.2. The van der Waals surface area contributed by atoms with Crippen LogP contribution in [0.15, 0.2) is 71.5 Å². The van der Waals surface area contributed by atoms with Crippen molar-refractivity contribution in [1.82, 2.24) is 19.4 Å². The number of piperazine rings is 1. The monoisotopic (exact) mass is 496 g/mol. The molecule has 0 spiro atoms. The molecule has 3 aromatic carbocycles. The van der Waals surface area contributed by atoms with Crippen molar-refractivity contribution in [2.45, 2.75) is 19.0 Å². The van der Waals surface area contributed by atoms with Crippen LogP contribution in [0.5, 0.6) is 0 Å². The molecule has 4 aromatic rings. The molecule has 1 aliphatic rings. The van der Waals surface area contributed by atoms with Gasteiger partial charge in [0.15, 0.2) is 0 Å². The number of aromatic amines is 1. The van der Waals surface area contributed by atoms with Crippen LogP contribution in [-0.2, 0) is 6.54 Å². The van der Waals surface area contributed by atoms with Gasteiger partial charge < -0.3 is 9.88 Å². The summed E-state index contributed by atoms with van der Waals surface area (Å²) in [4.78, 5) is 20.0. The van der Waals surface area contributed by atoms with Crippen LogP contribution < -0.4 is 5.69 Å². The summed E-state index contributed by atoms with van der Waals surface area (Å²) in [7, 11) is 0. The van der Waals surface area contributed by atoms with Crippen molar-refractivity contribution in [2.24, 2.45) is 0 Å². The molecule has 1 aliphatic heterocycles. The van der Waals surface area contributed by atoms with Crippen LogP contribution in [-0.4, -0.2) is 52.1 Å². The lowest BCUT2D eigenvalue weighted by Crippen LogP contribution is -2.48.